The van der Waals surface area contributed by atoms with Crippen LogP contribution < -0.4 is 5.84 Å². The van der Waals surface area contributed by atoms with Gasteiger partial charge in [-0.05, 0) is 29.7 Å². The van der Waals surface area contributed by atoms with Crippen LogP contribution in [0.2, 0.25) is 0 Å². The molecule has 2 aromatic rings. The molecule has 0 aliphatic rings. The van der Waals surface area contributed by atoms with Gasteiger partial charge in [0.05, 0.1) is 6.54 Å². The fraction of sp³-hybridized carbons (Fsp3) is 0.105. The first-order valence-corrected chi connectivity index (χ1v) is 7.34. The van der Waals surface area contributed by atoms with Crippen molar-refractivity contribution in [2.45, 2.75) is 13.5 Å². The summed E-state index contributed by atoms with van der Waals surface area (Å²) in [5.41, 5.74) is 4.80. The summed E-state index contributed by atoms with van der Waals surface area (Å²) < 4.78 is 0. The van der Waals surface area contributed by atoms with E-state index in [4.69, 9.17) is 5.84 Å². The summed E-state index contributed by atoms with van der Waals surface area (Å²) in [5, 5.41) is 3.82. The topological polar surface area (TPSA) is 63.6 Å². The minimum Gasteiger partial charge on any atom is -0.323 e. The average molecular weight is 304 g/mol. The van der Waals surface area contributed by atoms with Crippen molar-refractivity contribution in [3.8, 4) is 0 Å². The predicted molar refractivity (Wildman–Crippen MR) is 97.4 cm³/mol. The third-order valence-electron chi connectivity index (χ3n) is 3.39. The van der Waals surface area contributed by atoms with E-state index >= 15 is 0 Å². The van der Waals surface area contributed by atoms with Crippen LogP contribution in [0, 0.1) is 0 Å². The number of aliphatic imine (C=N–C) groups is 1. The molecule has 0 aliphatic heterocycles. The zero-order chi connectivity index (χ0) is 16.5. The molecular weight excluding hydrogens is 284 g/mol. The Hall–Kier alpha value is -3.01. The molecule has 0 amide bonds. The molecule has 1 heterocycles. The largest absolute Gasteiger partial charge is 0.323 e. The second kappa shape index (κ2) is 8.44. The number of hydrogen-bond acceptors (Lipinski definition) is 4. The van der Waals surface area contributed by atoms with Gasteiger partial charge in [-0.3, -0.25) is 9.98 Å². The minimum atomic E-state index is 0.546. The second-order valence-electron chi connectivity index (χ2n) is 4.87. The first-order chi connectivity index (χ1) is 11.3. The molecule has 4 nitrogen and oxygen atoms in total. The van der Waals surface area contributed by atoms with Gasteiger partial charge < -0.3 is 5.84 Å². The van der Waals surface area contributed by atoms with Crippen LogP contribution in [-0.2, 0) is 6.54 Å². The number of benzene rings is 1. The van der Waals surface area contributed by atoms with Crippen LogP contribution in [-0.4, -0.2) is 16.9 Å². The molecule has 0 bridgehead atoms. The predicted octanol–water partition coefficient (Wildman–Crippen LogP) is 3.60. The van der Waals surface area contributed by atoms with Crippen molar-refractivity contribution >= 4 is 17.5 Å². The Morgan fingerprint density at radius 1 is 1.22 bits per heavy atom. The summed E-state index contributed by atoms with van der Waals surface area (Å²) >= 11 is 0. The normalized spacial score (nSPS) is 12.6. The molecule has 0 saturated heterocycles. The highest BCUT2D eigenvalue weighted by molar-refractivity contribution is 6.38. The highest BCUT2D eigenvalue weighted by Crippen LogP contribution is 2.16. The van der Waals surface area contributed by atoms with Crippen molar-refractivity contribution in [1.29, 1.82) is 0 Å². The fourth-order valence-corrected chi connectivity index (χ4v) is 2.15. The Morgan fingerprint density at radius 2 is 1.96 bits per heavy atom. The molecule has 0 unspecified atom stereocenters. The van der Waals surface area contributed by atoms with Gasteiger partial charge in [0.25, 0.3) is 0 Å². The van der Waals surface area contributed by atoms with Gasteiger partial charge in [-0.15, -0.1) is 0 Å². The molecular formula is C19H20N4. The van der Waals surface area contributed by atoms with E-state index in [9.17, 15) is 0 Å². The molecule has 2 N–H and O–H groups in total. The quantitative estimate of drug-likeness (QED) is 0.383. The molecule has 0 saturated carbocycles. The number of hydrogen-bond donors (Lipinski definition) is 1. The van der Waals surface area contributed by atoms with Crippen LogP contribution in [0.1, 0.15) is 23.6 Å². The highest BCUT2D eigenvalue weighted by Gasteiger charge is 2.02. The lowest BCUT2D eigenvalue weighted by Gasteiger charge is -2.04. The van der Waals surface area contributed by atoms with Crippen LogP contribution in [0.5, 0.6) is 0 Å². The SMILES string of the molecule is C=C/C(=C\C)c1ccc(/C(C=NCc2cccnc2)=N/N)cc1. The minimum absolute atomic E-state index is 0.546. The lowest BCUT2D eigenvalue weighted by molar-refractivity contribution is 1.05. The smallest absolute Gasteiger partial charge is 0.108 e. The van der Waals surface area contributed by atoms with E-state index in [1.807, 2.05) is 55.5 Å². The fourth-order valence-electron chi connectivity index (χ4n) is 2.15. The van der Waals surface area contributed by atoms with Gasteiger partial charge in [-0.25, -0.2) is 0 Å². The first kappa shape index (κ1) is 16.4. The van der Waals surface area contributed by atoms with Crippen molar-refractivity contribution in [2.75, 3.05) is 0 Å². The second-order valence-corrected chi connectivity index (χ2v) is 4.87. The van der Waals surface area contributed by atoms with Gasteiger partial charge in [0.1, 0.15) is 5.71 Å². The lowest BCUT2D eigenvalue weighted by Crippen LogP contribution is -2.06. The maximum atomic E-state index is 5.49. The highest BCUT2D eigenvalue weighted by atomic mass is 15.1. The third kappa shape index (κ3) is 4.48. The third-order valence-corrected chi connectivity index (χ3v) is 3.39. The number of rotatable bonds is 6. The number of hydrazone groups is 1. The Kier molecular flexibility index (Phi) is 6.00. The molecule has 0 atom stereocenters. The van der Waals surface area contributed by atoms with E-state index < -0.39 is 0 Å². The van der Waals surface area contributed by atoms with Crippen LogP contribution >= 0.6 is 0 Å². The zero-order valence-corrected chi connectivity index (χ0v) is 13.2. The standard InChI is InChI=1S/C19H20N4/c1-3-16(4-2)17-7-9-18(10-8-17)19(23-20)14-22-13-15-6-5-11-21-12-15/h3-12,14H,1,13,20H2,2H3/b16-4+,22-14?,23-19+. The van der Waals surface area contributed by atoms with Gasteiger partial charge in [0.2, 0.25) is 0 Å². The Bertz CT molecular complexity index is 726. The van der Waals surface area contributed by atoms with Gasteiger partial charge in [-0.1, -0.05) is 49.1 Å². The number of aromatic nitrogens is 1. The van der Waals surface area contributed by atoms with Gasteiger partial charge in [0.15, 0.2) is 0 Å². The van der Waals surface area contributed by atoms with E-state index in [2.05, 4.69) is 21.7 Å². The average Bonchev–Trinajstić information content (AvgIpc) is 2.61. The molecule has 1 aromatic heterocycles. The van der Waals surface area contributed by atoms with Crippen LogP contribution in [0.25, 0.3) is 5.57 Å². The van der Waals surface area contributed by atoms with Crippen LogP contribution in [0.3, 0.4) is 0 Å². The molecule has 0 aliphatic carbocycles. The van der Waals surface area contributed by atoms with Gasteiger partial charge in [0, 0.05) is 24.2 Å². The van der Waals surface area contributed by atoms with Crippen LogP contribution in [0.4, 0.5) is 0 Å². The molecule has 23 heavy (non-hydrogen) atoms. The van der Waals surface area contributed by atoms with Crippen molar-refractivity contribution in [3.05, 3.63) is 84.2 Å². The van der Waals surface area contributed by atoms with Crippen molar-refractivity contribution in [1.82, 2.24) is 4.98 Å². The van der Waals surface area contributed by atoms with E-state index in [1.54, 1.807) is 18.6 Å². The number of pyridine rings is 1. The van der Waals surface area contributed by atoms with Crippen LogP contribution in [0.15, 0.2) is 77.6 Å². The number of allylic oxidation sites excluding steroid dienone is 3. The Balaban J connectivity index is 2.11. The van der Waals surface area contributed by atoms with Crippen molar-refractivity contribution in [3.63, 3.8) is 0 Å². The molecule has 116 valence electrons. The zero-order valence-electron chi connectivity index (χ0n) is 13.2. The Morgan fingerprint density at radius 3 is 2.52 bits per heavy atom. The van der Waals surface area contributed by atoms with Gasteiger partial charge in [-0.2, -0.15) is 5.10 Å². The maximum Gasteiger partial charge on any atom is 0.108 e. The molecule has 0 fully saturated rings. The first-order valence-electron chi connectivity index (χ1n) is 7.34. The van der Waals surface area contributed by atoms with Crippen molar-refractivity contribution < 1.29 is 0 Å². The van der Waals surface area contributed by atoms with E-state index in [-0.39, 0.29) is 0 Å². The molecule has 1 aromatic carbocycles. The lowest BCUT2D eigenvalue weighted by atomic mass is 10.0. The molecule has 2 rings (SSSR count). The molecule has 0 radical (unpaired) electrons. The van der Waals surface area contributed by atoms with Crippen molar-refractivity contribution in [2.24, 2.45) is 15.9 Å². The summed E-state index contributed by atoms with van der Waals surface area (Å²) in [6, 6.07) is 11.9. The Labute approximate surface area is 136 Å². The molecule has 0 spiro atoms. The summed E-state index contributed by atoms with van der Waals surface area (Å²) in [6.45, 7) is 6.35. The molecule has 4 heteroatoms. The summed E-state index contributed by atoms with van der Waals surface area (Å²) in [7, 11) is 0. The number of nitrogens with zero attached hydrogens (tertiary/aromatic N) is 3. The maximum absolute atomic E-state index is 5.49. The van der Waals surface area contributed by atoms with E-state index in [0.717, 1.165) is 22.3 Å². The summed E-state index contributed by atoms with van der Waals surface area (Å²) in [6.07, 6.45) is 9.08. The number of nitrogens with two attached hydrogens (primary N) is 1. The summed E-state index contributed by atoms with van der Waals surface area (Å²) in [5.74, 6) is 5.49. The van der Waals surface area contributed by atoms with E-state index in [0.29, 0.717) is 12.3 Å². The summed E-state index contributed by atoms with van der Waals surface area (Å²) in [4.78, 5) is 8.44. The monoisotopic (exact) mass is 304 g/mol. The van der Waals surface area contributed by atoms with Gasteiger partial charge >= 0.3 is 0 Å². The van der Waals surface area contributed by atoms with E-state index in [1.165, 1.54) is 0 Å².